The minimum atomic E-state index is -0.531. The van der Waals surface area contributed by atoms with E-state index in [0.29, 0.717) is 35.6 Å². The van der Waals surface area contributed by atoms with Gasteiger partial charge < -0.3 is 15.6 Å². The summed E-state index contributed by atoms with van der Waals surface area (Å²) in [5.41, 5.74) is 11.3. The molecule has 180 valence electrons. The highest BCUT2D eigenvalue weighted by atomic mass is 16.5. The average Bonchev–Trinajstić information content (AvgIpc) is 3.33. The third-order valence-corrected chi connectivity index (χ3v) is 7.21. The summed E-state index contributed by atoms with van der Waals surface area (Å²) in [5.74, 6) is 0.198. The van der Waals surface area contributed by atoms with Crippen LogP contribution in [0, 0.1) is 0 Å². The van der Waals surface area contributed by atoms with E-state index in [1.165, 1.54) is 11.4 Å². The number of carbonyl (C=O) groups is 1. The molecule has 8 heteroatoms. The van der Waals surface area contributed by atoms with Gasteiger partial charge in [0.05, 0.1) is 35.4 Å². The molecule has 35 heavy (non-hydrogen) atoms. The number of nitrogen functional groups attached to an aromatic ring is 1. The van der Waals surface area contributed by atoms with E-state index in [1.807, 2.05) is 48.7 Å². The number of aliphatic hydroxyl groups is 1. The molecule has 0 aliphatic heterocycles. The summed E-state index contributed by atoms with van der Waals surface area (Å²) in [7, 11) is 1.63. The van der Waals surface area contributed by atoms with Gasteiger partial charge in [-0.25, -0.2) is 4.98 Å². The lowest BCUT2D eigenvalue weighted by Crippen LogP contribution is -2.39. The Labute approximate surface area is 203 Å². The van der Waals surface area contributed by atoms with Crippen LogP contribution in [-0.4, -0.2) is 49.8 Å². The summed E-state index contributed by atoms with van der Waals surface area (Å²) >= 11 is 0. The highest BCUT2D eigenvalue weighted by Crippen LogP contribution is 2.41. The monoisotopic (exact) mass is 471 g/mol. The third kappa shape index (κ3) is 4.09. The number of hydrogen-bond acceptors (Lipinski definition) is 7. The zero-order valence-corrected chi connectivity index (χ0v) is 19.9. The highest BCUT2D eigenvalue weighted by Gasteiger charge is 2.37. The van der Waals surface area contributed by atoms with Crippen molar-refractivity contribution in [2.24, 2.45) is 0 Å². The first-order valence-corrected chi connectivity index (χ1v) is 11.8. The van der Waals surface area contributed by atoms with Crippen LogP contribution in [0.2, 0.25) is 0 Å². The fourth-order valence-corrected chi connectivity index (χ4v) is 5.07. The first-order valence-electron chi connectivity index (χ1n) is 11.8. The molecule has 3 N–H and O–H groups in total. The molecule has 1 aliphatic rings. The molecular weight excluding hydrogens is 442 g/mol. The maximum absolute atomic E-state index is 12.6. The largest absolute Gasteiger partial charge is 0.393 e. The molecule has 0 saturated heterocycles. The molecule has 1 saturated carbocycles. The van der Waals surface area contributed by atoms with E-state index in [1.54, 1.807) is 13.3 Å². The Hall–Kier alpha value is -3.62. The number of carbonyl (C=O) groups excluding carboxylic acids is 1. The van der Waals surface area contributed by atoms with Crippen molar-refractivity contribution in [1.29, 1.82) is 0 Å². The van der Waals surface area contributed by atoms with Gasteiger partial charge in [-0.15, -0.1) is 0 Å². The second-order valence-corrected chi connectivity index (χ2v) is 9.22. The second kappa shape index (κ2) is 9.20. The van der Waals surface area contributed by atoms with E-state index in [9.17, 15) is 9.90 Å². The predicted molar refractivity (Wildman–Crippen MR) is 134 cm³/mol. The van der Waals surface area contributed by atoms with Crippen LogP contribution in [0.4, 0.5) is 5.82 Å². The van der Waals surface area contributed by atoms with Crippen molar-refractivity contribution in [3.63, 3.8) is 0 Å². The number of nitrogens with two attached hydrogens (primary N) is 1. The summed E-state index contributed by atoms with van der Waals surface area (Å²) in [6.07, 6.45) is 6.39. The number of benzene rings is 1. The standard InChI is InChI=1S/C27H29N5O3/c1-17(34)23-24(19-10-12-27(16-33,35-2)13-11-19)31-26-21(15-30-32(26)25(23)28)20-8-9-22(29-14-20)18-6-4-3-5-7-18/h3-9,14-15,19,33H,10-13,16,28H2,1-2H3. The number of anilines is 1. The number of ether oxygens (including phenoxy) is 1. The van der Waals surface area contributed by atoms with Gasteiger partial charge in [-0.1, -0.05) is 36.4 Å². The number of aliphatic hydroxyl groups excluding tert-OH is 1. The molecule has 1 aromatic carbocycles. The molecule has 0 amide bonds. The molecule has 0 unspecified atom stereocenters. The number of methoxy groups -OCH3 is 1. The lowest BCUT2D eigenvalue weighted by molar-refractivity contribution is -0.0785. The lowest BCUT2D eigenvalue weighted by Gasteiger charge is -2.37. The van der Waals surface area contributed by atoms with Crippen LogP contribution in [0.5, 0.6) is 0 Å². The van der Waals surface area contributed by atoms with Crippen LogP contribution in [-0.2, 0) is 4.74 Å². The Morgan fingerprint density at radius 1 is 1.14 bits per heavy atom. The van der Waals surface area contributed by atoms with Gasteiger partial charge in [0.25, 0.3) is 0 Å². The first kappa shape index (κ1) is 23.1. The molecule has 0 bridgehead atoms. The van der Waals surface area contributed by atoms with Crippen molar-refractivity contribution in [3.05, 3.63) is 66.1 Å². The van der Waals surface area contributed by atoms with Crippen molar-refractivity contribution >= 4 is 17.2 Å². The molecule has 4 aromatic rings. The topological polar surface area (TPSA) is 116 Å². The number of fused-ring (bicyclic) bond motifs is 1. The molecule has 1 fully saturated rings. The lowest BCUT2D eigenvalue weighted by atomic mass is 9.76. The molecule has 0 atom stereocenters. The highest BCUT2D eigenvalue weighted by molar-refractivity contribution is 6.00. The van der Waals surface area contributed by atoms with E-state index >= 15 is 0 Å². The fraction of sp³-hybridized carbons (Fsp3) is 0.333. The molecule has 5 rings (SSSR count). The predicted octanol–water partition coefficient (Wildman–Crippen LogP) is 4.28. The average molecular weight is 472 g/mol. The number of ketones is 1. The van der Waals surface area contributed by atoms with E-state index in [4.69, 9.17) is 15.5 Å². The van der Waals surface area contributed by atoms with Crippen molar-refractivity contribution < 1.29 is 14.6 Å². The van der Waals surface area contributed by atoms with Crippen LogP contribution in [0.1, 0.15) is 54.6 Å². The van der Waals surface area contributed by atoms with Gasteiger partial charge in [0, 0.05) is 35.9 Å². The Kier molecular flexibility index (Phi) is 6.08. The number of rotatable bonds is 6. The van der Waals surface area contributed by atoms with E-state index < -0.39 is 5.60 Å². The van der Waals surface area contributed by atoms with Gasteiger partial charge in [-0.05, 0) is 38.7 Å². The van der Waals surface area contributed by atoms with Crippen molar-refractivity contribution in [1.82, 2.24) is 19.6 Å². The zero-order chi connectivity index (χ0) is 24.6. The fourth-order valence-electron chi connectivity index (χ4n) is 5.07. The van der Waals surface area contributed by atoms with Gasteiger partial charge in [0.2, 0.25) is 0 Å². The van der Waals surface area contributed by atoms with Gasteiger partial charge in [0.15, 0.2) is 11.4 Å². The van der Waals surface area contributed by atoms with Crippen molar-refractivity contribution in [2.75, 3.05) is 19.5 Å². The Morgan fingerprint density at radius 2 is 1.89 bits per heavy atom. The van der Waals surface area contributed by atoms with Gasteiger partial charge >= 0.3 is 0 Å². The summed E-state index contributed by atoms with van der Waals surface area (Å²) in [5, 5.41) is 14.3. The number of nitrogens with zero attached hydrogens (tertiary/aromatic N) is 4. The van der Waals surface area contributed by atoms with Gasteiger partial charge in [-0.2, -0.15) is 9.61 Å². The molecule has 0 radical (unpaired) electrons. The van der Waals surface area contributed by atoms with E-state index in [0.717, 1.165) is 35.2 Å². The Balaban J connectivity index is 1.56. The molecule has 8 nitrogen and oxygen atoms in total. The first-order chi connectivity index (χ1) is 17.0. The smallest absolute Gasteiger partial charge is 0.165 e. The van der Waals surface area contributed by atoms with Crippen molar-refractivity contribution in [3.8, 4) is 22.4 Å². The number of hydrogen-bond donors (Lipinski definition) is 2. The van der Waals surface area contributed by atoms with Crippen LogP contribution in [0.15, 0.2) is 54.9 Å². The molecular formula is C27H29N5O3. The van der Waals surface area contributed by atoms with Crippen LogP contribution >= 0.6 is 0 Å². The van der Waals surface area contributed by atoms with Crippen LogP contribution in [0.25, 0.3) is 28.0 Å². The van der Waals surface area contributed by atoms with Crippen LogP contribution < -0.4 is 5.73 Å². The summed E-state index contributed by atoms with van der Waals surface area (Å²) in [6.45, 7) is 1.48. The van der Waals surface area contributed by atoms with Gasteiger partial charge in [-0.3, -0.25) is 9.78 Å². The van der Waals surface area contributed by atoms with Crippen molar-refractivity contribution in [2.45, 2.75) is 44.1 Å². The zero-order valence-electron chi connectivity index (χ0n) is 19.9. The van der Waals surface area contributed by atoms with E-state index in [2.05, 4.69) is 10.1 Å². The quantitative estimate of drug-likeness (QED) is 0.403. The minimum Gasteiger partial charge on any atom is -0.393 e. The van der Waals surface area contributed by atoms with Crippen LogP contribution in [0.3, 0.4) is 0 Å². The second-order valence-electron chi connectivity index (χ2n) is 9.22. The maximum atomic E-state index is 12.6. The normalized spacial score (nSPS) is 20.3. The van der Waals surface area contributed by atoms with Gasteiger partial charge in [0.1, 0.15) is 5.82 Å². The molecule has 1 aliphatic carbocycles. The Morgan fingerprint density at radius 3 is 2.49 bits per heavy atom. The molecule has 3 heterocycles. The third-order valence-electron chi connectivity index (χ3n) is 7.21. The molecule has 0 spiro atoms. The number of pyridine rings is 1. The number of aromatic nitrogens is 4. The SMILES string of the molecule is COC1(CO)CCC(c2nc3c(-c4ccc(-c5ccccc5)nc4)cnn3c(N)c2C(C)=O)CC1. The summed E-state index contributed by atoms with van der Waals surface area (Å²) in [4.78, 5) is 22.2. The Bertz CT molecular complexity index is 1350. The molecule has 3 aromatic heterocycles. The minimum absolute atomic E-state index is 0.0247. The maximum Gasteiger partial charge on any atom is 0.165 e. The summed E-state index contributed by atoms with van der Waals surface area (Å²) < 4.78 is 7.15. The van der Waals surface area contributed by atoms with E-state index in [-0.39, 0.29) is 18.3 Å². The number of Topliss-reactive ketones (excluding diaryl/α,β-unsaturated/α-hetero) is 1. The summed E-state index contributed by atoms with van der Waals surface area (Å²) in [6, 6.07) is 14.0.